The van der Waals surface area contributed by atoms with Crippen LogP contribution < -0.4 is 0 Å². The van der Waals surface area contributed by atoms with Crippen molar-refractivity contribution in [2.24, 2.45) is 0 Å². The van der Waals surface area contributed by atoms with Crippen LogP contribution in [0.4, 0.5) is 0 Å². The normalized spacial score (nSPS) is 11.1. The number of phenols is 1. The zero-order valence-corrected chi connectivity index (χ0v) is 30.5. The number of hydrogen-bond donors (Lipinski definition) is 1. The molecular formula is C47H32N3OPt-. The Bertz CT molecular complexity index is 2720. The summed E-state index contributed by atoms with van der Waals surface area (Å²) < 4.78 is 2.36. The predicted octanol–water partition coefficient (Wildman–Crippen LogP) is 11.7. The summed E-state index contributed by atoms with van der Waals surface area (Å²) in [5, 5.41) is 13.2. The van der Waals surface area contributed by atoms with Crippen molar-refractivity contribution < 1.29 is 26.2 Å². The molecule has 9 aromatic rings. The van der Waals surface area contributed by atoms with E-state index in [1.54, 1.807) is 6.07 Å². The molecule has 0 aliphatic carbocycles. The Balaban J connectivity index is 0.00000387. The van der Waals surface area contributed by atoms with Gasteiger partial charge in [0.25, 0.3) is 0 Å². The average Bonchev–Trinajstić information content (AvgIpc) is 3.53. The molecule has 3 heterocycles. The molecule has 252 valence electrons. The number of hydrogen-bond acceptors (Lipinski definition) is 3. The summed E-state index contributed by atoms with van der Waals surface area (Å²) in [6.45, 7) is 2.08. The molecule has 0 unspecified atom stereocenters. The number of aromatic hydroxyl groups is 1. The van der Waals surface area contributed by atoms with Crippen LogP contribution in [0.1, 0.15) is 5.56 Å². The third kappa shape index (κ3) is 5.91. The second kappa shape index (κ2) is 13.9. The van der Waals surface area contributed by atoms with Crippen molar-refractivity contribution in [1.29, 1.82) is 0 Å². The third-order valence-electron chi connectivity index (χ3n) is 9.58. The van der Waals surface area contributed by atoms with Gasteiger partial charge in [0.1, 0.15) is 5.75 Å². The minimum absolute atomic E-state index is 0. The number of para-hydroxylation sites is 4. The Kier molecular flexibility index (Phi) is 8.84. The minimum Gasteiger partial charge on any atom is -0.507 e. The molecule has 0 spiro atoms. The molecule has 0 atom stereocenters. The van der Waals surface area contributed by atoms with Crippen LogP contribution in [0.5, 0.6) is 5.75 Å². The Morgan fingerprint density at radius 1 is 0.558 bits per heavy atom. The number of rotatable bonds is 6. The summed E-state index contributed by atoms with van der Waals surface area (Å²) in [5.74, 6) is 0.193. The molecule has 0 fully saturated rings. The van der Waals surface area contributed by atoms with Crippen LogP contribution in [-0.4, -0.2) is 19.6 Å². The molecule has 0 aliphatic rings. The quantitative estimate of drug-likeness (QED) is 0.170. The number of fused-ring (bicyclic) bond motifs is 3. The maximum Gasteiger partial charge on any atom is 0.124 e. The third-order valence-corrected chi connectivity index (χ3v) is 9.58. The topological polar surface area (TPSA) is 50.9 Å². The van der Waals surface area contributed by atoms with Crippen LogP contribution in [0.15, 0.2) is 170 Å². The van der Waals surface area contributed by atoms with Crippen LogP contribution in [0.25, 0.3) is 83.5 Å². The minimum atomic E-state index is 0. The molecule has 4 nitrogen and oxygen atoms in total. The maximum atomic E-state index is 10.8. The predicted molar refractivity (Wildman–Crippen MR) is 209 cm³/mol. The van der Waals surface area contributed by atoms with Crippen LogP contribution in [0, 0.1) is 13.0 Å². The summed E-state index contributed by atoms with van der Waals surface area (Å²) in [6, 6.07) is 59.6. The molecule has 0 saturated heterocycles. The van der Waals surface area contributed by atoms with Gasteiger partial charge in [-0.2, -0.15) is 0 Å². The van der Waals surface area contributed by atoms with Crippen molar-refractivity contribution in [2.45, 2.75) is 6.92 Å². The van der Waals surface area contributed by atoms with Gasteiger partial charge in [-0.3, -0.25) is 9.97 Å². The van der Waals surface area contributed by atoms with Gasteiger partial charge in [-0.1, -0.05) is 127 Å². The van der Waals surface area contributed by atoms with Crippen molar-refractivity contribution in [3.63, 3.8) is 0 Å². The number of benzene rings is 6. The fourth-order valence-corrected chi connectivity index (χ4v) is 7.11. The second-order valence-electron chi connectivity index (χ2n) is 12.8. The van der Waals surface area contributed by atoms with Crippen molar-refractivity contribution in [1.82, 2.24) is 14.5 Å². The number of aromatic nitrogens is 3. The van der Waals surface area contributed by atoms with Gasteiger partial charge in [0, 0.05) is 66.2 Å². The van der Waals surface area contributed by atoms with E-state index in [1.165, 1.54) is 16.3 Å². The van der Waals surface area contributed by atoms with Crippen molar-refractivity contribution in [2.75, 3.05) is 0 Å². The maximum absolute atomic E-state index is 10.8. The van der Waals surface area contributed by atoms with E-state index in [4.69, 9.17) is 9.97 Å². The Labute approximate surface area is 317 Å². The van der Waals surface area contributed by atoms with E-state index in [2.05, 4.69) is 133 Å². The Morgan fingerprint density at radius 2 is 1.23 bits per heavy atom. The number of nitrogens with zero attached hydrogens (tertiary/aromatic N) is 3. The first-order chi connectivity index (χ1) is 25.1. The SMILES string of the molecule is Cc1ccc(-c2cc(-c3cccc4c5ccccc5n(-c5ccccc5)c34)ccn2)[c-]c1-c1cc(-c2ccccc2)cc(-c2ccccc2O)n1.[Pt]. The van der Waals surface area contributed by atoms with E-state index in [9.17, 15) is 5.11 Å². The van der Waals surface area contributed by atoms with E-state index in [1.807, 2.05) is 48.7 Å². The first-order valence-electron chi connectivity index (χ1n) is 17.1. The molecule has 0 saturated carbocycles. The van der Waals surface area contributed by atoms with E-state index in [0.29, 0.717) is 11.3 Å². The molecule has 1 N–H and O–H groups in total. The first kappa shape index (κ1) is 33.1. The molecule has 0 amide bonds. The summed E-state index contributed by atoms with van der Waals surface area (Å²) in [5.41, 5.74) is 13.6. The molecule has 6 aromatic carbocycles. The van der Waals surface area contributed by atoms with Crippen LogP contribution in [-0.2, 0) is 21.1 Å². The van der Waals surface area contributed by atoms with Crippen molar-refractivity contribution in [3.05, 3.63) is 182 Å². The summed E-state index contributed by atoms with van der Waals surface area (Å²) in [6.07, 6.45) is 1.89. The van der Waals surface area contributed by atoms with E-state index >= 15 is 0 Å². The number of phenolic OH excluding ortho intramolecular Hbond substituents is 1. The van der Waals surface area contributed by atoms with Gasteiger partial charge in [0.15, 0.2) is 0 Å². The van der Waals surface area contributed by atoms with Gasteiger partial charge in [-0.05, 0) is 59.2 Å². The fourth-order valence-electron chi connectivity index (χ4n) is 7.11. The van der Waals surface area contributed by atoms with E-state index < -0.39 is 0 Å². The summed E-state index contributed by atoms with van der Waals surface area (Å²) in [7, 11) is 0. The standard InChI is InChI=1S/C47H32N3O.Pt/c1-31-23-24-34(27-41(31)44-30-35(32-13-4-2-5-14-32)29-43(49-44)40-18-9-11-22-46(40)51)42-28-33(25-26-48-42)37-19-12-20-39-38-17-8-10-21-45(38)50(47(37)39)36-15-6-3-7-16-36;/h2-26,28-30,51H,1H3;/q-1;. The van der Waals surface area contributed by atoms with Gasteiger partial charge < -0.3 is 9.67 Å². The van der Waals surface area contributed by atoms with E-state index in [-0.39, 0.29) is 26.8 Å². The first-order valence-corrected chi connectivity index (χ1v) is 17.1. The molecule has 0 radical (unpaired) electrons. The van der Waals surface area contributed by atoms with Gasteiger partial charge in [0.2, 0.25) is 0 Å². The van der Waals surface area contributed by atoms with Crippen molar-refractivity contribution >= 4 is 21.8 Å². The summed E-state index contributed by atoms with van der Waals surface area (Å²) >= 11 is 0. The zero-order chi connectivity index (χ0) is 34.3. The molecule has 5 heteroatoms. The monoisotopic (exact) mass is 849 g/mol. The van der Waals surface area contributed by atoms with Crippen molar-refractivity contribution in [3.8, 4) is 67.5 Å². The smallest absolute Gasteiger partial charge is 0.124 e. The largest absolute Gasteiger partial charge is 0.507 e. The van der Waals surface area contributed by atoms with Crippen LogP contribution in [0.2, 0.25) is 0 Å². The summed E-state index contributed by atoms with van der Waals surface area (Å²) in [4.78, 5) is 9.95. The Hall–Kier alpha value is -6.09. The fraction of sp³-hybridized carbons (Fsp3) is 0.0213. The molecule has 0 bridgehead atoms. The second-order valence-corrected chi connectivity index (χ2v) is 12.8. The zero-order valence-electron chi connectivity index (χ0n) is 28.3. The van der Waals surface area contributed by atoms with Gasteiger partial charge in [-0.15, -0.1) is 23.8 Å². The molecular weight excluding hydrogens is 818 g/mol. The molecule has 0 aliphatic heterocycles. The van der Waals surface area contributed by atoms with Gasteiger partial charge in [-0.25, -0.2) is 0 Å². The average molecular weight is 850 g/mol. The van der Waals surface area contributed by atoms with Gasteiger partial charge in [0.05, 0.1) is 16.7 Å². The Morgan fingerprint density at radius 3 is 2.06 bits per heavy atom. The molecule has 9 rings (SSSR count). The van der Waals surface area contributed by atoms with E-state index in [0.717, 1.165) is 61.5 Å². The molecule has 3 aromatic heterocycles. The number of aryl methyl sites for hydroxylation is 1. The molecule has 52 heavy (non-hydrogen) atoms. The van der Waals surface area contributed by atoms with Gasteiger partial charge >= 0.3 is 0 Å². The van der Waals surface area contributed by atoms with Crippen LogP contribution in [0.3, 0.4) is 0 Å². The van der Waals surface area contributed by atoms with Crippen LogP contribution >= 0.6 is 0 Å². The number of pyridine rings is 2.